The van der Waals surface area contributed by atoms with E-state index in [1.807, 2.05) is 60.2 Å². The van der Waals surface area contributed by atoms with Gasteiger partial charge in [-0.1, -0.05) is 18.2 Å². The summed E-state index contributed by atoms with van der Waals surface area (Å²) in [4.78, 5) is 23.3. The van der Waals surface area contributed by atoms with Crippen LogP contribution < -0.4 is 0 Å². The van der Waals surface area contributed by atoms with E-state index >= 15 is 0 Å². The zero-order valence-electron chi connectivity index (χ0n) is 15.0. The van der Waals surface area contributed by atoms with Crippen LogP contribution in [-0.4, -0.2) is 38.0 Å². The number of thiazole rings is 1. The molecule has 1 amide bonds. The Balaban J connectivity index is 1.24. The highest BCUT2D eigenvalue weighted by Gasteiger charge is 2.12. The van der Waals surface area contributed by atoms with Crippen molar-refractivity contribution in [1.29, 1.82) is 0 Å². The lowest BCUT2D eigenvalue weighted by molar-refractivity contribution is -0.129. The highest BCUT2D eigenvalue weighted by molar-refractivity contribution is 7.98. The van der Waals surface area contributed by atoms with Gasteiger partial charge < -0.3 is 9.30 Å². The summed E-state index contributed by atoms with van der Waals surface area (Å²) in [6.07, 6.45) is 4.57. The first kappa shape index (κ1) is 18.0. The van der Waals surface area contributed by atoms with Gasteiger partial charge in [-0.3, -0.25) is 4.79 Å². The number of fused-ring (bicyclic) bond motifs is 2. The van der Waals surface area contributed by atoms with E-state index in [1.165, 1.54) is 0 Å². The molecular weight excluding hydrogens is 376 g/mol. The minimum atomic E-state index is 0.150. The third kappa shape index (κ3) is 4.31. The van der Waals surface area contributed by atoms with E-state index in [2.05, 4.69) is 16.0 Å². The largest absolute Gasteiger partial charge is 0.339 e. The number of para-hydroxylation sites is 1. The lowest BCUT2D eigenvalue weighted by atomic mass is 10.3. The minimum Gasteiger partial charge on any atom is -0.339 e. The number of aromatic nitrogens is 3. The van der Waals surface area contributed by atoms with Crippen molar-refractivity contribution < 1.29 is 4.79 Å². The molecule has 0 aliphatic carbocycles. The Morgan fingerprint density at radius 2 is 2.04 bits per heavy atom. The van der Waals surface area contributed by atoms with Crippen LogP contribution in [0.1, 0.15) is 17.1 Å². The molecule has 0 spiro atoms. The standard InChI is InChI=1S/C20H20N4OS2/c1-23(13-19-22-16-6-2-3-7-17(16)27-19)20(25)9-11-26-14-15-12-24-10-5-4-8-18(24)21-15/h2-8,10,12H,9,11,13-14H2,1H3. The van der Waals surface area contributed by atoms with Gasteiger partial charge in [-0.05, 0) is 24.3 Å². The summed E-state index contributed by atoms with van der Waals surface area (Å²) in [7, 11) is 1.85. The molecule has 0 fully saturated rings. The maximum Gasteiger partial charge on any atom is 0.223 e. The van der Waals surface area contributed by atoms with Crippen molar-refractivity contribution in [2.75, 3.05) is 12.8 Å². The van der Waals surface area contributed by atoms with Crippen LogP contribution in [0, 0.1) is 0 Å². The Kier molecular flexibility index (Phi) is 5.40. The van der Waals surface area contributed by atoms with Crippen LogP contribution in [0.2, 0.25) is 0 Å². The van der Waals surface area contributed by atoms with Gasteiger partial charge in [-0.2, -0.15) is 11.8 Å². The number of imidazole rings is 1. The molecule has 4 aromatic rings. The van der Waals surface area contributed by atoms with Gasteiger partial charge in [-0.15, -0.1) is 11.3 Å². The molecule has 0 saturated heterocycles. The zero-order valence-corrected chi connectivity index (χ0v) is 16.7. The maximum absolute atomic E-state index is 12.4. The molecular formula is C20H20N4OS2. The van der Waals surface area contributed by atoms with E-state index in [0.717, 1.165) is 38.1 Å². The number of pyridine rings is 1. The third-order valence-electron chi connectivity index (χ3n) is 4.26. The lowest BCUT2D eigenvalue weighted by Crippen LogP contribution is -2.26. The quantitative estimate of drug-likeness (QED) is 0.439. The minimum absolute atomic E-state index is 0.150. The molecule has 0 aliphatic rings. The smallest absolute Gasteiger partial charge is 0.223 e. The van der Waals surface area contributed by atoms with Crippen LogP contribution in [0.15, 0.2) is 54.9 Å². The van der Waals surface area contributed by atoms with Crippen LogP contribution in [0.4, 0.5) is 0 Å². The van der Waals surface area contributed by atoms with Gasteiger partial charge in [0, 0.05) is 37.4 Å². The molecule has 7 heteroatoms. The van der Waals surface area contributed by atoms with Crippen molar-refractivity contribution in [3.63, 3.8) is 0 Å². The Morgan fingerprint density at radius 1 is 1.19 bits per heavy atom. The number of nitrogens with zero attached hydrogens (tertiary/aromatic N) is 4. The van der Waals surface area contributed by atoms with Crippen molar-refractivity contribution in [2.24, 2.45) is 0 Å². The number of benzene rings is 1. The molecule has 3 aromatic heterocycles. The topological polar surface area (TPSA) is 50.5 Å². The van der Waals surface area contributed by atoms with Crippen molar-refractivity contribution in [2.45, 2.75) is 18.7 Å². The van der Waals surface area contributed by atoms with E-state index in [1.54, 1.807) is 28.0 Å². The lowest BCUT2D eigenvalue weighted by Gasteiger charge is -2.15. The number of hydrogen-bond acceptors (Lipinski definition) is 5. The van der Waals surface area contributed by atoms with Crippen molar-refractivity contribution >= 4 is 44.9 Å². The number of amides is 1. The monoisotopic (exact) mass is 396 g/mol. The van der Waals surface area contributed by atoms with Gasteiger partial charge in [0.1, 0.15) is 10.7 Å². The first-order chi connectivity index (χ1) is 13.2. The number of carbonyl (C=O) groups excluding carboxylic acids is 1. The van der Waals surface area contributed by atoms with Crippen LogP contribution in [0.5, 0.6) is 0 Å². The summed E-state index contributed by atoms with van der Waals surface area (Å²) in [5, 5.41) is 0.976. The van der Waals surface area contributed by atoms with Gasteiger partial charge in [0.15, 0.2) is 0 Å². The maximum atomic E-state index is 12.4. The third-order valence-corrected chi connectivity index (χ3v) is 6.27. The van der Waals surface area contributed by atoms with E-state index in [-0.39, 0.29) is 5.91 Å². The molecule has 3 heterocycles. The zero-order chi connectivity index (χ0) is 18.6. The predicted octanol–water partition coefficient (Wildman–Crippen LogP) is 4.23. The first-order valence-electron chi connectivity index (χ1n) is 8.78. The fourth-order valence-corrected chi connectivity index (χ4v) is 4.69. The average Bonchev–Trinajstić information content (AvgIpc) is 3.27. The van der Waals surface area contributed by atoms with Crippen molar-refractivity contribution in [1.82, 2.24) is 19.3 Å². The highest BCUT2D eigenvalue weighted by Crippen LogP contribution is 2.22. The second kappa shape index (κ2) is 8.10. The molecule has 0 bridgehead atoms. The Hall–Kier alpha value is -2.38. The Labute approximate surface area is 166 Å². The molecule has 0 aliphatic heterocycles. The molecule has 0 atom stereocenters. The molecule has 0 saturated carbocycles. The number of hydrogen-bond donors (Lipinski definition) is 0. The average molecular weight is 397 g/mol. The predicted molar refractivity (Wildman–Crippen MR) is 112 cm³/mol. The summed E-state index contributed by atoms with van der Waals surface area (Å²) >= 11 is 3.39. The molecule has 4 rings (SSSR count). The van der Waals surface area contributed by atoms with Crippen LogP contribution >= 0.6 is 23.1 Å². The van der Waals surface area contributed by atoms with Gasteiger partial charge in [0.05, 0.1) is 22.5 Å². The van der Waals surface area contributed by atoms with E-state index in [0.29, 0.717) is 13.0 Å². The van der Waals surface area contributed by atoms with Crippen LogP contribution in [-0.2, 0) is 17.1 Å². The van der Waals surface area contributed by atoms with Crippen LogP contribution in [0.3, 0.4) is 0 Å². The fraction of sp³-hybridized carbons (Fsp3) is 0.250. The molecule has 1 aromatic carbocycles. The van der Waals surface area contributed by atoms with Gasteiger partial charge >= 0.3 is 0 Å². The second-order valence-corrected chi connectivity index (χ2v) is 8.55. The highest BCUT2D eigenvalue weighted by atomic mass is 32.2. The normalized spacial score (nSPS) is 11.3. The van der Waals surface area contributed by atoms with Gasteiger partial charge in [0.25, 0.3) is 0 Å². The molecule has 0 unspecified atom stereocenters. The summed E-state index contributed by atoms with van der Waals surface area (Å²) in [6, 6.07) is 14.0. The van der Waals surface area contributed by atoms with Crippen molar-refractivity contribution in [3.05, 3.63) is 65.6 Å². The van der Waals surface area contributed by atoms with Gasteiger partial charge in [-0.25, -0.2) is 9.97 Å². The second-order valence-electron chi connectivity index (χ2n) is 6.33. The van der Waals surface area contributed by atoms with E-state index < -0.39 is 0 Å². The summed E-state index contributed by atoms with van der Waals surface area (Å²) in [5.41, 5.74) is 3.00. The molecule has 0 radical (unpaired) electrons. The summed E-state index contributed by atoms with van der Waals surface area (Å²) in [6.45, 7) is 0.565. The molecule has 138 valence electrons. The van der Waals surface area contributed by atoms with Crippen molar-refractivity contribution in [3.8, 4) is 0 Å². The summed E-state index contributed by atoms with van der Waals surface area (Å²) in [5.74, 6) is 1.75. The summed E-state index contributed by atoms with van der Waals surface area (Å²) < 4.78 is 3.18. The number of rotatable bonds is 7. The van der Waals surface area contributed by atoms with E-state index in [9.17, 15) is 4.79 Å². The Bertz CT molecular complexity index is 1010. The number of thioether (sulfide) groups is 1. The Morgan fingerprint density at radius 3 is 2.89 bits per heavy atom. The molecule has 5 nitrogen and oxygen atoms in total. The van der Waals surface area contributed by atoms with Gasteiger partial charge in [0.2, 0.25) is 5.91 Å². The van der Waals surface area contributed by atoms with E-state index in [4.69, 9.17) is 0 Å². The van der Waals surface area contributed by atoms with Crippen LogP contribution in [0.25, 0.3) is 15.9 Å². The number of carbonyl (C=O) groups is 1. The molecule has 0 N–H and O–H groups in total. The first-order valence-corrected chi connectivity index (χ1v) is 10.7. The fourth-order valence-electron chi connectivity index (χ4n) is 2.86. The SMILES string of the molecule is CN(Cc1nc2ccccc2s1)C(=O)CCSCc1cn2ccccc2n1. The molecule has 27 heavy (non-hydrogen) atoms.